The van der Waals surface area contributed by atoms with E-state index in [1.807, 2.05) is 10.8 Å². The molecule has 0 fully saturated rings. The van der Waals surface area contributed by atoms with E-state index in [-0.39, 0.29) is 23.6 Å². The molecule has 2 rings (SSSR count). The molecule has 0 bridgehead atoms. The summed E-state index contributed by atoms with van der Waals surface area (Å²) in [5, 5.41) is 0.0442. The van der Waals surface area contributed by atoms with Gasteiger partial charge in [0.1, 0.15) is 17.4 Å². The molecule has 1 aromatic heterocycles. The van der Waals surface area contributed by atoms with Gasteiger partial charge < -0.3 is 4.57 Å². The Bertz CT molecular complexity index is 610. The first-order valence-corrected chi connectivity index (χ1v) is 6.94. The smallest absolute Gasteiger partial charge is 0.145 e. The zero-order valence-electron chi connectivity index (χ0n) is 11.3. The second kappa shape index (κ2) is 6.66. The normalized spacial score (nSPS) is 10.8. The topological polar surface area (TPSA) is 34.9 Å². The van der Waals surface area contributed by atoms with E-state index in [2.05, 4.69) is 11.9 Å². The van der Waals surface area contributed by atoms with Crippen LogP contribution >= 0.6 is 11.6 Å². The third kappa shape index (κ3) is 3.45. The van der Waals surface area contributed by atoms with Crippen LogP contribution in [0.5, 0.6) is 0 Å². The van der Waals surface area contributed by atoms with Crippen molar-refractivity contribution in [2.24, 2.45) is 0 Å². The minimum Gasteiger partial charge on any atom is -0.335 e. The van der Waals surface area contributed by atoms with Crippen molar-refractivity contribution in [2.75, 3.05) is 0 Å². The van der Waals surface area contributed by atoms with Crippen LogP contribution < -0.4 is 0 Å². The van der Waals surface area contributed by atoms with Crippen molar-refractivity contribution in [3.63, 3.8) is 0 Å². The summed E-state index contributed by atoms with van der Waals surface area (Å²) in [6, 6.07) is 4.70. The number of imidazole rings is 1. The van der Waals surface area contributed by atoms with Crippen LogP contribution in [0.1, 0.15) is 24.7 Å². The van der Waals surface area contributed by atoms with E-state index >= 15 is 0 Å². The van der Waals surface area contributed by atoms with Gasteiger partial charge in [0.25, 0.3) is 0 Å². The molecule has 0 radical (unpaired) electrons. The van der Waals surface area contributed by atoms with Gasteiger partial charge >= 0.3 is 0 Å². The van der Waals surface area contributed by atoms with Gasteiger partial charge in [0.15, 0.2) is 0 Å². The first-order valence-electron chi connectivity index (χ1n) is 6.56. The fraction of sp³-hybridized carbons (Fsp3) is 0.333. The summed E-state index contributed by atoms with van der Waals surface area (Å²) < 4.78 is 15.7. The van der Waals surface area contributed by atoms with Crippen LogP contribution in [0, 0.1) is 5.82 Å². The highest BCUT2D eigenvalue weighted by molar-refractivity contribution is 6.30. The van der Waals surface area contributed by atoms with Crippen LogP contribution in [-0.2, 0) is 24.2 Å². The second-order valence-electron chi connectivity index (χ2n) is 4.64. The average molecular weight is 295 g/mol. The number of nitrogens with zero attached hydrogens (tertiary/aromatic N) is 2. The van der Waals surface area contributed by atoms with Crippen LogP contribution in [0.2, 0.25) is 5.02 Å². The Morgan fingerprint density at radius 3 is 2.95 bits per heavy atom. The highest BCUT2D eigenvalue weighted by Gasteiger charge is 2.13. The van der Waals surface area contributed by atoms with Gasteiger partial charge in [-0.1, -0.05) is 30.7 Å². The van der Waals surface area contributed by atoms with Crippen molar-refractivity contribution in [3.05, 3.63) is 52.8 Å². The molecule has 0 saturated carbocycles. The quantitative estimate of drug-likeness (QED) is 0.818. The van der Waals surface area contributed by atoms with Crippen LogP contribution in [-0.4, -0.2) is 15.3 Å². The summed E-state index contributed by atoms with van der Waals surface area (Å²) >= 11 is 5.70. The van der Waals surface area contributed by atoms with E-state index in [1.54, 1.807) is 18.3 Å². The summed E-state index contributed by atoms with van der Waals surface area (Å²) in [4.78, 5) is 16.2. The summed E-state index contributed by atoms with van der Waals surface area (Å²) in [5.74, 6) is 0.133. The molecular weight excluding hydrogens is 279 g/mol. The Labute approximate surface area is 122 Å². The van der Waals surface area contributed by atoms with Gasteiger partial charge in [0.2, 0.25) is 0 Å². The van der Waals surface area contributed by atoms with Crippen molar-refractivity contribution in [2.45, 2.75) is 32.7 Å². The maximum absolute atomic E-state index is 13.7. The van der Waals surface area contributed by atoms with E-state index in [9.17, 15) is 9.18 Å². The zero-order chi connectivity index (χ0) is 14.5. The molecule has 0 aliphatic carbocycles. The average Bonchev–Trinajstić information content (AvgIpc) is 2.83. The number of benzene rings is 1. The van der Waals surface area contributed by atoms with Gasteiger partial charge in [0, 0.05) is 25.4 Å². The molecule has 0 amide bonds. The number of aromatic nitrogens is 2. The maximum Gasteiger partial charge on any atom is 0.145 e. The van der Waals surface area contributed by atoms with Crippen molar-refractivity contribution < 1.29 is 9.18 Å². The second-order valence-corrected chi connectivity index (χ2v) is 5.05. The van der Waals surface area contributed by atoms with E-state index in [0.29, 0.717) is 5.56 Å². The largest absolute Gasteiger partial charge is 0.335 e. The molecule has 2 aromatic rings. The van der Waals surface area contributed by atoms with Gasteiger partial charge in [-0.3, -0.25) is 4.79 Å². The van der Waals surface area contributed by atoms with Crippen molar-refractivity contribution in [3.8, 4) is 0 Å². The summed E-state index contributed by atoms with van der Waals surface area (Å²) in [7, 11) is 0. The Kier molecular flexibility index (Phi) is 4.90. The molecule has 0 saturated heterocycles. The van der Waals surface area contributed by atoms with Crippen LogP contribution in [0.25, 0.3) is 0 Å². The summed E-state index contributed by atoms with van der Waals surface area (Å²) in [6.07, 6.45) is 4.75. The monoisotopic (exact) mass is 294 g/mol. The Balaban J connectivity index is 2.05. The fourth-order valence-corrected chi connectivity index (χ4v) is 2.28. The summed E-state index contributed by atoms with van der Waals surface area (Å²) in [6.45, 7) is 2.89. The number of hydrogen-bond donors (Lipinski definition) is 0. The Morgan fingerprint density at radius 2 is 2.20 bits per heavy atom. The van der Waals surface area contributed by atoms with E-state index in [1.165, 1.54) is 6.07 Å². The molecule has 3 nitrogen and oxygen atoms in total. The van der Waals surface area contributed by atoms with Gasteiger partial charge in [-0.25, -0.2) is 9.37 Å². The van der Waals surface area contributed by atoms with Gasteiger partial charge in [-0.05, 0) is 18.1 Å². The lowest BCUT2D eigenvalue weighted by Gasteiger charge is -2.07. The third-order valence-corrected chi connectivity index (χ3v) is 3.33. The summed E-state index contributed by atoms with van der Waals surface area (Å²) in [5.41, 5.74) is 0.330. The van der Waals surface area contributed by atoms with Crippen LogP contribution in [0.15, 0.2) is 30.6 Å². The van der Waals surface area contributed by atoms with Crippen molar-refractivity contribution in [1.29, 1.82) is 0 Å². The van der Waals surface area contributed by atoms with Gasteiger partial charge in [-0.15, -0.1) is 0 Å². The first kappa shape index (κ1) is 14.7. The number of halogens is 2. The molecule has 0 aliphatic heterocycles. The number of rotatable bonds is 6. The highest BCUT2D eigenvalue weighted by atomic mass is 35.5. The fourth-order valence-electron chi connectivity index (χ4n) is 2.09. The van der Waals surface area contributed by atoms with E-state index < -0.39 is 5.82 Å². The first-order chi connectivity index (χ1) is 9.61. The maximum atomic E-state index is 13.7. The van der Waals surface area contributed by atoms with Gasteiger partial charge in [0.05, 0.1) is 11.4 Å². The molecule has 1 aromatic carbocycles. The predicted octanol–water partition coefficient (Wildman–Crippen LogP) is 3.44. The lowest BCUT2D eigenvalue weighted by Crippen LogP contribution is -2.12. The van der Waals surface area contributed by atoms with E-state index in [4.69, 9.17) is 11.6 Å². The minimum atomic E-state index is -0.514. The number of ketones is 1. The van der Waals surface area contributed by atoms with Crippen LogP contribution in [0.4, 0.5) is 4.39 Å². The molecule has 5 heteroatoms. The molecule has 20 heavy (non-hydrogen) atoms. The van der Waals surface area contributed by atoms with Gasteiger partial charge in [-0.2, -0.15) is 0 Å². The standard InChI is InChI=1S/C15H16ClFN2O/c1-2-7-19-8-6-18-14(19)10-12(20)9-11-4-3-5-13(16)15(11)17/h3-6,8H,2,7,9-10H2,1H3. The molecule has 0 atom stereocenters. The predicted molar refractivity (Wildman–Crippen MR) is 76.3 cm³/mol. The molecule has 0 aliphatic rings. The molecule has 0 spiro atoms. The Hall–Kier alpha value is -1.68. The molecule has 106 valence electrons. The number of aryl methyl sites for hydroxylation is 1. The SMILES string of the molecule is CCCn1ccnc1CC(=O)Cc1cccc(Cl)c1F. The third-order valence-electron chi connectivity index (χ3n) is 3.04. The lowest BCUT2D eigenvalue weighted by atomic mass is 10.1. The van der Waals surface area contributed by atoms with Crippen LogP contribution in [0.3, 0.4) is 0 Å². The van der Waals surface area contributed by atoms with Crippen molar-refractivity contribution in [1.82, 2.24) is 9.55 Å². The number of carbonyl (C=O) groups excluding carboxylic acids is 1. The number of carbonyl (C=O) groups is 1. The lowest BCUT2D eigenvalue weighted by molar-refractivity contribution is -0.118. The number of hydrogen-bond acceptors (Lipinski definition) is 2. The van der Waals surface area contributed by atoms with E-state index in [0.717, 1.165) is 18.8 Å². The number of Topliss-reactive ketones (excluding diaryl/α,β-unsaturated/α-hetero) is 1. The molecule has 0 N–H and O–H groups in total. The molecule has 0 unspecified atom stereocenters. The molecular formula is C15H16ClFN2O. The Morgan fingerprint density at radius 1 is 1.40 bits per heavy atom. The minimum absolute atomic E-state index is 0.0331. The zero-order valence-corrected chi connectivity index (χ0v) is 12.0. The molecule has 1 heterocycles. The highest BCUT2D eigenvalue weighted by Crippen LogP contribution is 2.18. The van der Waals surface area contributed by atoms with Crippen molar-refractivity contribution >= 4 is 17.4 Å².